The number of amides is 4. The number of imide groups is 1. The summed E-state index contributed by atoms with van der Waals surface area (Å²) in [7, 11) is 1.80. The minimum Gasteiger partial charge on any atom is -0.325 e. The van der Waals surface area contributed by atoms with Gasteiger partial charge in [-0.2, -0.15) is 18.3 Å². The Kier molecular flexibility index (Phi) is 6.44. The predicted molar refractivity (Wildman–Crippen MR) is 131 cm³/mol. The van der Waals surface area contributed by atoms with Gasteiger partial charge < -0.3 is 10.2 Å². The van der Waals surface area contributed by atoms with Crippen LogP contribution in [0.1, 0.15) is 30.0 Å². The summed E-state index contributed by atoms with van der Waals surface area (Å²) >= 11 is 0. The zero-order valence-electron chi connectivity index (χ0n) is 21.1. The van der Waals surface area contributed by atoms with Gasteiger partial charge >= 0.3 is 12.2 Å². The van der Waals surface area contributed by atoms with Crippen LogP contribution in [0.3, 0.4) is 0 Å². The molecule has 204 valence electrons. The largest absolute Gasteiger partial charge is 0.408 e. The van der Waals surface area contributed by atoms with Gasteiger partial charge in [-0.05, 0) is 54.2 Å². The molecule has 1 N–H and O–H groups in total. The van der Waals surface area contributed by atoms with E-state index < -0.39 is 54.5 Å². The molecular formula is C27H25F4N5O3. The molecule has 4 amide bonds. The zero-order valence-corrected chi connectivity index (χ0v) is 21.1. The number of aryl methyl sites for hydroxylation is 2. The van der Waals surface area contributed by atoms with Crippen LogP contribution in [0.4, 0.5) is 22.4 Å². The molecule has 0 saturated carbocycles. The maximum atomic E-state index is 13.6. The molecule has 2 aliphatic rings. The monoisotopic (exact) mass is 543 g/mol. The Hall–Kier alpha value is -4.22. The van der Waals surface area contributed by atoms with Gasteiger partial charge in [0, 0.05) is 25.4 Å². The highest BCUT2D eigenvalue weighted by Crippen LogP contribution is 2.42. The standard InChI is InChI=1S/C27H25F4N5O3/c1-16(27(29,30)31)35(13-17-3-6-21(28)7-4-17)23(37)15-36-24(38)26(33-25(36)39)10-9-19-11-18(5-8-22(19)26)20-12-32-34(2)14-20/h3-8,11-12,14,16H,9-10,13,15H2,1-2H3,(H,33,39)/t16-,26-/m0/s1. The minimum absolute atomic E-state index is 0.256. The number of carbonyl (C=O) groups is 3. The molecule has 1 aliphatic carbocycles. The van der Waals surface area contributed by atoms with E-state index in [1.165, 1.54) is 12.1 Å². The number of fused-ring (bicyclic) bond motifs is 2. The van der Waals surface area contributed by atoms with Gasteiger partial charge in [-0.1, -0.05) is 30.3 Å². The normalized spacial score (nSPS) is 19.4. The second-order valence-electron chi connectivity index (χ2n) is 9.87. The maximum absolute atomic E-state index is 13.6. The molecule has 5 rings (SSSR count). The van der Waals surface area contributed by atoms with Gasteiger partial charge in [0.05, 0.1) is 6.20 Å². The Morgan fingerprint density at radius 3 is 2.51 bits per heavy atom. The lowest BCUT2D eigenvalue weighted by Gasteiger charge is -2.32. The summed E-state index contributed by atoms with van der Waals surface area (Å²) in [5, 5.41) is 6.86. The summed E-state index contributed by atoms with van der Waals surface area (Å²) in [5.74, 6) is -2.32. The third-order valence-corrected chi connectivity index (χ3v) is 7.37. The number of aromatic nitrogens is 2. The molecule has 0 radical (unpaired) electrons. The third kappa shape index (κ3) is 4.75. The average molecular weight is 544 g/mol. The van der Waals surface area contributed by atoms with E-state index in [9.17, 15) is 31.9 Å². The number of carbonyl (C=O) groups excluding carboxylic acids is 3. The molecule has 2 heterocycles. The van der Waals surface area contributed by atoms with Gasteiger partial charge in [0.2, 0.25) is 5.91 Å². The van der Waals surface area contributed by atoms with Crippen molar-refractivity contribution in [3.05, 3.63) is 77.4 Å². The first-order valence-electron chi connectivity index (χ1n) is 12.3. The fourth-order valence-electron chi connectivity index (χ4n) is 5.18. The van der Waals surface area contributed by atoms with Crippen LogP contribution in [-0.2, 0) is 35.1 Å². The van der Waals surface area contributed by atoms with Crippen molar-refractivity contribution in [2.24, 2.45) is 7.05 Å². The van der Waals surface area contributed by atoms with E-state index in [1.807, 2.05) is 18.3 Å². The van der Waals surface area contributed by atoms with Crippen LogP contribution < -0.4 is 5.32 Å². The maximum Gasteiger partial charge on any atom is 0.408 e. The number of hydrogen-bond donors (Lipinski definition) is 1. The molecule has 3 aromatic rings. The number of benzene rings is 2. The number of urea groups is 1. The summed E-state index contributed by atoms with van der Waals surface area (Å²) in [4.78, 5) is 40.9. The Morgan fingerprint density at radius 1 is 1.15 bits per heavy atom. The van der Waals surface area contributed by atoms with Gasteiger partial charge in [-0.3, -0.25) is 19.2 Å². The first kappa shape index (κ1) is 26.4. The summed E-state index contributed by atoms with van der Waals surface area (Å²) in [6.45, 7) is -0.520. The van der Waals surface area contributed by atoms with Gasteiger partial charge in [-0.15, -0.1) is 0 Å². The van der Waals surface area contributed by atoms with Gasteiger partial charge in [0.15, 0.2) is 0 Å². The second-order valence-corrected chi connectivity index (χ2v) is 9.87. The molecule has 1 fully saturated rings. The van der Waals surface area contributed by atoms with Gasteiger partial charge in [0.1, 0.15) is 23.9 Å². The second kappa shape index (κ2) is 9.51. The molecule has 0 unspecified atom stereocenters. The van der Waals surface area contributed by atoms with E-state index in [4.69, 9.17) is 0 Å². The van der Waals surface area contributed by atoms with Crippen LogP contribution >= 0.6 is 0 Å². The Bertz CT molecular complexity index is 1450. The smallest absolute Gasteiger partial charge is 0.325 e. The van der Waals surface area contributed by atoms with Crippen LogP contribution in [0.5, 0.6) is 0 Å². The fraction of sp³-hybridized carbons (Fsp3) is 0.333. The van der Waals surface area contributed by atoms with Crippen molar-refractivity contribution in [3.63, 3.8) is 0 Å². The Balaban J connectivity index is 1.39. The zero-order chi connectivity index (χ0) is 28.1. The summed E-state index contributed by atoms with van der Waals surface area (Å²) in [6.07, 6.45) is -0.459. The molecule has 1 aliphatic heterocycles. The van der Waals surface area contributed by atoms with E-state index >= 15 is 0 Å². The van der Waals surface area contributed by atoms with Crippen molar-refractivity contribution in [2.45, 2.75) is 44.1 Å². The highest BCUT2D eigenvalue weighted by atomic mass is 19.4. The third-order valence-electron chi connectivity index (χ3n) is 7.37. The lowest BCUT2D eigenvalue weighted by molar-refractivity contribution is -0.187. The fourth-order valence-corrected chi connectivity index (χ4v) is 5.18. The number of alkyl halides is 3. The van der Waals surface area contributed by atoms with E-state index in [0.29, 0.717) is 21.8 Å². The number of halogens is 4. The molecule has 1 aromatic heterocycles. The van der Waals surface area contributed by atoms with Crippen LogP contribution in [0.25, 0.3) is 11.1 Å². The van der Waals surface area contributed by atoms with Crippen molar-refractivity contribution in [3.8, 4) is 11.1 Å². The highest BCUT2D eigenvalue weighted by Gasteiger charge is 2.56. The number of hydrogen-bond acceptors (Lipinski definition) is 4. The molecule has 8 nitrogen and oxygen atoms in total. The van der Waals surface area contributed by atoms with E-state index in [1.54, 1.807) is 24.0 Å². The van der Waals surface area contributed by atoms with Crippen molar-refractivity contribution >= 4 is 17.8 Å². The van der Waals surface area contributed by atoms with Crippen molar-refractivity contribution in [1.29, 1.82) is 0 Å². The van der Waals surface area contributed by atoms with Crippen LogP contribution in [-0.4, -0.2) is 56.2 Å². The number of nitrogens with one attached hydrogen (secondary N) is 1. The van der Waals surface area contributed by atoms with Crippen molar-refractivity contribution in [2.75, 3.05) is 6.54 Å². The molecule has 1 saturated heterocycles. The Morgan fingerprint density at radius 2 is 1.87 bits per heavy atom. The Labute approximate surface area is 221 Å². The molecule has 12 heteroatoms. The summed E-state index contributed by atoms with van der Waals surface area (Å²) < 4.78 is 55.9. The van der Waals surface area contributed by atoms with Crippen LogP contribution in [0, 0.1) is 5.82 Å². The first-order chi connectivity index (χ1) is 18.4. The van der Waals surface area contributed by atoms with E-state index in [-0.39, 0.29) is 12.0 Å². The van der Waals surface area contributed by atoms with Crippen LogP contribution in [0.15, 0.2) is 54.9 Å². The number of rotatable bonds is 6. The van der Waals surface area contributed by atoms with E-state index in [2.05, 4.69) is 10.4 Å². The van der Waals surface area contributed by atoms with Crippen molar-refractivity contribution in [1.82, 2.24) is 24.9 Å². The number of nitrogens with zero attached hydrogens (tertiary/aromatic N) is 4. The first-order valence-corrected chi connectivity index (χ1v) is 12.3. The molecular weight excluding hydrogens is 518 g/mol. The molecule has 2 aromatic carbocycles. The molecule has 39 heavy (non-hydrogen) atoms. The van der Waals surface area contributed by atoms with Crippen LogP contribution in [0.2, 0.25) is 0 Å². The molecule has 2 atom stereocenters. The lowest BCUT2D eigenvalue weighted by atomic mass is 9.90. The van der Waals surface area contributed by atoms with E-state index in [0.717, 1.165) is 35.7 Å². The lowest BCUT2D eigenvalue weighted by Crippen LogP contribution is -2.51. The minimum atomic E-state index is -4.76. The SMILES string of the molecule is C[C@H](N(Cc1ccc(F)cc1)C(=O)CN1C(=O)N[C@]2(CCc3cc(-c4cnn(C)c4)ccc32)C1=O)C(F)(F)F. The van der Waals surface area contributed by atoms with Gasteiger partial charge in [-0.25, -0.2) is 9.18 Å². The highest BCUT2D eigenvalue weighted by molar-refractivity contribution is 6.10. The molecule has 0 bridgehead atoms. The molecule has 1 spiro atoms. The van der Waals surface area contributed by atoms with Crippen molar-refractivity contribution < 1.29 is 31.9 Å². The topological polar surface area (TPSA) is 87.5 Å². The summed E-state index contributed by atoms with van der Waals surface area (Å²) in [5.41, 5.74) is 2.09. The predicted octanol–water partition coefficient (Wildman–Crippen LogP) is 3.90. The average Bonchev–Trinajstić information content (AvgIpc) is 3.55. The van der Waals surface area contributed by atoms with Gasteiger partial charge in [0.25, 0.3) is 5.91 Å². The summed E-state index contributed by atoms with van der Waals surface area (Å²) in [6, 6.07) is 7.13. The quantitative estimate of drug-likeness (QED) is 0.378.